The fourth-order valence-electron chi connectivity index (χ4n) is 1.56. The quantitative estimate of drug-likeness (QED) is 0.650. The molecule has 0 saturated carbocycles. The zero-order chi connectivity index (χ0) is 15.6. The lowest BCUT2D eigenvalue weighted by molar-refractivity contribution is 0.102. The molecular formula is C12H11ClN4O3S. The number of aromatic nitrogens is 2. The number of amides is 1. The molecule has 21 heavy (non-hydrogen) atoms. The van der Waals surface area contributed by atoms with Crippen LogP contribution >= 0.6 is 11.6 Å². The van der Waals surface area contributed by atoms with E-state index in [4.69, 9.17) is 17.3 Å². The predicted octanol–water partition coefficient (Wildman–Crippen LogP) is 1.37. The molecule has 0 bridgehead atoms. The van der Waals surface area contributed by atoms with Gasteiger partial charge in [-0.15, -0.1) is 0 Å². The van der Waals surface area contributed by atoms with Crippen molar-refractivity contribution in [3.63, 3.8) is 0 Å². The summed E-state index contributed by atoms with van der Waals surface area (Å²) in [5.74, 6) is -0.356. The molecular weight excluding hydrogens is 316 g/mol. The molecule has 0 unspecified atom stereocenters. The Bertz CT molecular complexity index is 808. The summed E-state index contributed by atoms with van der Waals surface area (Å²) < 4.78 is 23.1. The molecule has 0 fully saturated rings. The molecule has 0 atom stereocenters. The number of carbonyl (C=O) groups excluding carboxylic acids is 1. The van der Waals surface area contributed by atoms with E-state index in [0.717, 1.165) is 6.26 Å². The molecule has 0 radical (unpaired) electrons. The number of nitrogens with zero attached hydrogens (tertiary/aromatic N) is 2. The van der Waals surface area contributed by atoms with Crippen molar-refractivity contribution in [2.75, 3.05) is 17.3 Å². The molecule has 1 aromatic carbocycles. The van der Waals surface area contributed by atoms with Gasteiger partial charge in [0.25, 0.3) is 5.91 Å². The molecule has 1 amide bonds. The molecule has 0 spiro atoms. The Morgan fingerprint density at radius 3 is 2.67 bits per heavy atom. The van der Waals surface area contributed by atoms with Gasteiger partial charge < -0.3 is 11.1 Å². The van der Waals surface area contributed by atoms with Crippen LogP contribution in [-0.4, -0.2) is 30.5 Å². The highest BCUT2D eigenvalue weighted by molar-refractivity contribution is 7.90. The second-order valence-corrected chi connectivity index (χ2v) is 6.58. The minimum Gasteiger partial charge on any atom is -0.399 e. The Hall–Kier alpha value is -2.19. The number of hydrogen-bond acceptors (Lipinski definition) is 6. The van der Waals surface area contributed by atoms with Crippen molar-refractivity contribution in [1.82, 2.24) is 9.97 Å². The lowest BCUT2D eigenvalue weighted by Crippen LogP contribution is -2.14. The van der Waals surface area contributed by atoms with Crippen LogP contribution in [-0.2, 0) is 9.84 Å². The molecule has 0 aliphatic carbocycles. The van der Waals surface area contributed by atoms with Crippen LogP contribution in [0.4, 0.5) is 11.5 Å². The highest BCUT2D eigenvalue weighted by Crippen LogP contribution is 2.18. The second-order valence-electron chi connectivity index (χ2n) is 4.23. The van der Waals surface area contributed by atoms with Gasteiger partial charge in [0, 0.05) is 23.7 Å². The number of nitrogens with two attached hydrogens (primary N) is 1. The van der Waals surface area contributed by atoms with Crippen LogP contribution in [0.5, 0.6) is 0 Å². The minimum absolute atomic E-state index is 0.0165. The molecule has 0 saturated heterocycles. The number of nitrogen functional groups attached to an aromatic ring is 1. The Balaban J connectivity index is 2.33. The molecule has 2 rings (SSSR count). The van der Waals surface area contributed by atoms with E-state index in [9.17, 15) is 13.2 Å². The molecule has 0 aliphatic heterocycles. The Labute approximate surface area is 126 Å². The Morgan fingerprint density at radius 1 is 1.33 bits per heavy atom. The first-order valence-corrected chi connectivity index (χ1v) is 7.93. The van der Waals surface area contributed by atoms with Crippen LogP contribution < -0.4 is 11.1 Å². The van der Waals surface area contributed by atoms with Crippen molar-refractivity contribution in [2.45, 2.75) is 4.90 Å². The highest BCUT2D eigenvalue weighted by Gasteiger charge is 2.14. The number of rotatable bonds is 3. The maximum absolute atomic E-state index is 12.1. The summed E-state index contributed by atoms with van der Waals surface area (Å²) in [4.78, 5) is 19.5. The van der Waals surface area contributed by atoms with E-state index in [0.29, 0.717) is 0 Å². The van der Waals surface area contributed by atoms with Crippen molar-refractivity contribution >= 4 is 38.9 Å². The molecule has 0 aliphatic rings. The third kappa shape index (κ3) is 3.89. The minimum atomic E-state index is -3.47. The van der Waals surface area contributed by atoms with E-state index >= 15 is 0 Å². The number of nitrogens with one attached hydrogen (secondary N) is 1. The summed E-state index contributed by atoms with van der Waals surface area (Å²) >= 11 is 5.61. The van der Waals surface area contributed by atoms with Crippen LogP contribution in [0.25, 0.3) is 0 Å². The van der Waals surface area contributed by atoms with E-state index in [1.54, 1.807) is 0 Å². The molecule has 9 heteroatoms. The summed E-state index contributed by atoms with van der Waals surface area (Å²) in [7, 11) is -3.47. The van der Waals surface area contributed by atoms with Crippen molar-refractivity contribution in [2.24, 2.45) is 0 Å². The summed E-state index contributed by atoms with van der Waals surface area (Å²) in [6.07, 6.45) is 2.42. The fourth-order valence-corrected chi connectivity index (χ4v) is 2.40. The van der Waals surface area contributed by atoms with E-state index in [2.05, 4.69) is 15.3 Å². The van der Waals surface area contributed by atoms with Gasteiger partial charge in [0.1, 0.15) is 5.82 Å². The van der Waals surface area contributed by atoms with Gasteiger partial charge >= 0.3 is 0 Å². The van der Waals surface area contributed by atoms with Gasteiger partial charge in [-0.25, -0.2) is 18.4 Å². The zero-order valence-electron chi connectivity index (χ0n) is 10.9. The van der Waals surface area contributed by atoms with Gasteiger partial charge in [0.05, 0.1) is 4.90 Å². The average Bonchev–Trinajstić information content (AvgIpc) is 2.37. The summed E-state index contributed by atoms with van der Waals surface area (Å²) in [6.45, 7) is 0. The van der Waals surface area contributed by atoms with Gasteiger partial charge in [0.2, 0.25) is 5.28 Å². The van der Waals surface area contributed by atoms with Crippen molar-refractivity contribution in [3.05, 3.63) is 41.3 Å². The van der Waals surface area contributed by atoms with E-state index in [1.165, 1.54) is 30.5 Å². The Kier molecular flexibility index (Phi) is 4.10. The third-order valence-corrected chi connectivity index (χ3v) is 3.76. The molecule has 1 aromatic heterocycles. The number of sulfone groups is 1. The van der Waals surface area contributed by atoms with Crippen LogP contribution in [0.2, 0.25) is 5.28 Å². The van der Waals surface area contributed by atoms with Crippen molar-refractivity contribution < 1.29 is 13.2 Å². The third-order valence-electron chi connectivity index (χ3n) is 2.49. The molecule has 1 heterocycles. The zero-order valence-corrected chi connectivity index (χ0v) is 12.4. The smallest absolute Gasteiger partial charge is 0.256 e. The van der Waals surface area contributed by atoms with E-state index in [1.807, 2.05) is 0 Å². The average molecular weight is 327 g/mol. The Morgan fingerprint density at radius 2 is 2.05 bits per heavy atom. The predicted molar refractivity (Wildman–Crippen MR) is 79.0 cm³/mol. The maximum atomic E-state index is 12.1. The summed E-state index contributed by atoms with van der Waals surface area (Å²) in [5, 5.41) is 2.46. The van der Waals surface area contributed by atoms with E-state index < -0.39 is 15.7 Å². The van der Waals surface area contributed by atoms with Gasteiger partial charge in [-0.2, -0.15) is 0 Å². The monoisotopic (exact) mass is 326 g/mol. The highest BCUT2D eigenvalue weighted by atomic mass is 35.5. The van der Waals surface area contributed by atoms with Gasteiger partial charge in [0.15, 0.2) is 9.84 Å². The van der Waals surface area contributed by atoms with Crippen molar-refractivity contribution in [3.8, 4) is 0 Å². The number of carbonyl (C=O) groups is 1. The van der Waals surface area contributed by atoms with Crippen molar-refractivity contribution in [1.29, 1.82) is 0 Å². The molecule has 7 nitrogen and oxygen atoms in total. The van der Waals surface area contributed by atoms with E-state index in [-0.39, 0.29) is 27.2 Å². The maximum Gasteiger partial charge on any atom is 0.256 e. The number of anilines is 2. The lowest BCUT2D eigenvalue weighted by atomic mass is 10.2. The molecule has 2 aromatic rings. The standard InChI is InChI=1S/C12H11ClN4O3S/c1-21(19,20)9-5-7(4-8(14)6-9)11(18)16-10-2-3-15-12(13)17-10/h2-6H,14H2,1H3,(H,15,16,17,18). The van der Waals surface area contributed by atoms with Crippen LogP contribution in [0.1, 0.15) is 10.4 Å². The summed E-state index contributed by atoms with van der Waals surface area (Å²) in [5.41, 5.74) is 5.89. The first kappa shape index (κ1) is 15.2. The number of benzene rings is 1. The van der Waals surface area contributed by atoms with Gasteiger partial charge in [-0.1, -0.05) is 0 Å². The molecule has 110 valence electrons. The second kappa shape index (κ2) is 5.66. The number of hydrogen-bond donors (Lipinski definition) is 2. The fraction of sp³-hybridized carbons (Fsp3) is 0.0833. The topological polar surface area (TPSA) is 115 Å². The first-order valence-electron chi connectivity index (χ1n) is 5.66. The van der Waals surface area contributed by atoms with Crippen LogP contribution in [0.15, 0.2) is 35.4 Å². The largest absolute Gasteiger partial charge is 0.399 e. The normalized spacial score (nSPS) is 11.1. The number of halogens is 1. The molecule has 3 N–H and O–H groups in total. The van der Waals surface area contributed by atoms with Crippen LogP contribution in [0.3, 0.4) is 0 Å². The lowest BCUT2D eigenvalue weighted by Gasteiger charge is -2.07. The van der Waals surface area contributed by atoms with Gasteiger partial charge in [-0.3, -0.25) is 4.79 Å². The first-order chi connectivity index (χ1) is 9.75. The SMILES string of the molecule is CS(=O)(=O)c1cc(N)cc(C(=O)Nc2ccnc(Cl)n2)c1. The summed E-state index contributed by atoms with van der Waals surface area (Å²) in [6, 6.07) is 5.35. The van der Waals surface area contributed by atoms with Gasteiger partial charge in [-0.05, 0) is 35.9 Å². The van der Waals surface area contributed by atoms with Crippen LogP contribution in [0, 0.1) is 0 Å².